The Bertz CT molecular complexity index is 573. The van der Waals surface area contributed by atoms with Crippen LogP contribution >= 0.6 is 35.0 Å². The number of aromatic nitrogens is 2. The molecule has 2 aromatic rings. The summed E-state index contributed by atoms with van der Waals surface area (Å²) >= 11 is 13.8. The Hall–Kier alpha value is -0.770. The van der Waals surface area contributed by atoms with Crippen molar-refractivity contribution in [3.05, 3.63) is 52.6 Å². The zero-order chi connectivity index (χ0) is 13.8. The number of benzene rings is 1. The van der Waals surface area contributed by atoms with E-state index in [0.29, 0.717) is 5.75 Å². The van der Waals surface area contributed by atoms with Crippen LogP contribution in [0.25, 0.3) is 0 Å². The van der Waals surface area contributed by atoms with Crippen molar-refractivity contribution in [2.45, 2.75) is 29.9 Å². The van der Waals surface area contributed by atoms with Gasteiger partial charge in [0.2, 0.25) is 0 Å². The molecule has 1 unspecified atom stereocenters. The third-order valence-corrected chi connectivity index (χ3v) is 4.44. The fourth-order valence-electron chi connectivity index (χ4n) is 1.69. The summed E-state index contributed by atoms with van der Waals surface area (Å²) in [5.74, 6) is 1.49. The summed E-state index contributed by atoms with van der Waals surface area (Å²) in [4.78, 5) is 9.87. The quantitative estimate of drug-likeness (QED) is 0.585. The summed E-state index contributed by atoms with van der Waals surface area (Å²) in [5, 5.41) is 0.695. The second-order valence-electron chi connectivity index (χ2n) is 4.16. The van der Waals surface area contributed by atoms with Crippen molar-refractivity contribution in [3.8, 4) is 0 Å². The number of rotatable bonds is 4. The fourth-order valence-corrected chi connectivity index (χ4v) is 3.01. The Morgan fingerprint density at radius 2 is 2.05 bits per heavy atom. The van der Waals surface area contributed by atoms with Gasteiger partial charge in [-0.15, -0.1) is 23.4 Å². The predicted octanol–water partition coefficient (Wildman–Crippen LogP) is 5.03. The third kappa shape index (κ3) is 3.85. The first-order valence-corrected chi connectivity index (χ1v) is 7.71. The molecule has 0 saturated heterocycles. The Morgan fingerprint density at radius 1 is 1.32 bits per heavy atom. The molecule has 0 aliphatic rings. The van der Waals surface area contributed by atoms with Crippen molar-refractivity contribution in [2.24, 2.45) is 0 Å². The third-order valence-electron chi connectivity index (χ3n) is 2.69. The van der Waals surface area contributed by atoms with E-state index in [9.17, 15) is 0 Å². The molecule has 0 radical (unpaired) electrons. The van der Waals surface area contributed by atoms with Gasteiger partial charge < -0.3 is 0 Å². The van der Waals surface area contributed by atoms with E-state index in [4.69, 9.17) is 23.2 Å². The van der Waals surface area contributed by atoms with Crippen LogP contribution in [0.3, 0.4) is 0 Å². The molecule has 100 valence electrons. The highest BCUT2D eigenvalue weighted by Crippen LogP contribution is 2.29. The minimum absolute atomic E-state index is 0.0646. The molecule has 0 bridgehead atoms. The summed E-state index contributed by atoms with van der Waals surface area (Å²) in [6.07, 6.45) is 1.81. The number of thioether (sulfide) groups is 1. The minimum Gasteiger partial charge on any atom is -0.240 e. The van der Waals surface area contributed by atoms with Gasteiger partial charge in [-0.3, -0.25) is 0 Å². The molecule has 1 atom stereocenters. The zero-order valence-electron chi connectivity index (χ0n) is 10.7. The van der Waals surface area contributed by atoms with Crippen molar-refractivity contribution in [2.75, 3.05) is 0 Å². The molecule has 0 saturated carbocycles. The molecule has 0 aliphatic carbocycles. The van der Waals surface area contributed by atoms with E-state index >= 15 is 0 Å². The van der Waals surface area contributed by atoms with Crippen LogP contribution < -0.4 is 0 Å². The van der Waals surface area contributed by atoms with Crippen LogP contribution in [-0.2, 0) is 5.75 Å². The number of halogens is 2. The molecular formula is C14H14Cl2N2S. The lowest BCUT2D eigenvalue weighted by Crippen LogP contribution is -2.00. The van der Waals surface area contributed by atoms with Gasteiger partial charge in [-0.1, -0.05) is 23.7 Å². The van der Waals surface area contributed by atoms with E-state index in [-0.39, 0.29) is 5.38 Å². The van der Waals surface area contributed by atoms with Crippen molar-refractivity contribution in [1.29, 1.82) is 0 Å². The summed E-state index contributed by atoms with van der Waals surface area (Å²) < 4.78 is 0. The van der Waals surface area contributed by atoms with Gasteiger partial charge in [-0.2, -0.15) is 0 Å². The van der Waals surface area contributed by atoms with Gasteiger partial charge in [0.05, 0.1) is 16.2 Å². The molecule has 0 N–H and O–H groups in total. The van der Waals surface area contributed by atoms with E-state index in [2.05, 4.69) is 9.97 Å². The smallest absolute Gasteiger partial charge is 0.138 e. The zero-order valence-corrected chi connectivity index (χ0v) is 13.1. The molecule has 19 heavy (non-hydrogen) atoms. The van der Waals surface area contributed by atoms with Crippen LogP contribution in [0.15, 0.2) is 35.4 Å². The molecule has 5 heteroatoms. The summed E-state index contributed by atoms with van der Waals surface area (Å²) in [6, 6.07) is 7.77. The number of hydrogen-bond donors (Lipinski definition) is 0. The van der Waals surface area contributed by atoms with Crippen molar-refractivity contribution >= 4 is 35.0 Å². The number of alkyl halides is 1. The molecule has 2 rings (SSSR count). The van der Waals surface area contributed by atoms with Gasteiger partial charge in [0.15, 0.2) is 0 Å². The van der Waals surface area contributed by atoms with Crippen LogP contribution in [0.1, 0.15) is 29.4 Å². The van der Waals surface area contributed by atoms with Crippen LogP contribution in [-0.4, -0.2) is 9.97 Å². The summed E-state index contributed by atoms with van der Waals surface area (Å²) in [7, 11) is 0. The van der Waals surface area contributed by atoms with Gasteiger partial charge >= 0.3 is 0 Å². The highest BCUT2D eigenvalue weighted by atomic mass is 35.5. The second kappa shape index (κ2) is 6.60. The first kappa shape index (κ1) is 14.6. The van der Waals surface area contributed by atoms with E-state index in [1.54, 1.807) is 11.8 Å². The first-order chi connectivity index (χ1) is 9.08. The second-order valence-corrected chi connectivity index (χ2v) is 6.24. The largest absolute Gasteiger partial charge is 0.240 e. The lowest BCUT2D eigenvalue weighted by molar-refractivity contribution is 0.924. The molecule has 0 amide bonds. The maximum atomic E-state index is 6.11. The Morgan fingerprint density at radius 3 is 2.68 bits per heavy atom. The van der Waals surface area contributed by atoms with Gasteiger partial charge in [0, 0.05) is 22.3 Å². The summed E-state index contributed by atoms with van der Waals surface area (Å²) in [5.41, 5.74) is 1.92. The molecule has 0 spiro atoms. The average Bonchev–Trinajstić information content (AvgIpc) is 2.37. The number of nitrogens with zero attached hydrogens (tertiary/aromatic N) is 2. The monoisotopic (exact) mass is 312 g/mol. The lowest BCUT2D eigenvalue weighted by Gasteiger charge is -2.08. The molecular weight excluding hydrogens is 299 g/mol. The Balaban J connectivity index is 2.08. The summed E-state index contributed by atoms with van der Waals surface area (Å²) in [6.45, 7) is 3.88. The average molecular weight is 313 g/mol. The fraction of sp³-hybridized carbons (Fsp3) is 0.286. The van der Waals surface area contributed by atoms with Gasteiger partial charge in [-0.25, -0.2) is 9.97 Å². The minimum atomic E-state index is -0.0646. The molecule has 2 nitrogen and oxygen atoms in total. The van der Waals surface area contributed by atoms with Gasteiger partial charge in [0.1, 0.15) is 5.82 Å². The van der Waals surface area contributed by atoms with Crippen molar-refractivity contribution in [1.82, 2.24) is 9.97 Å². The lowest BCUT2D eigenvalue weighted by atomic mass is 10.2. The normalized spacial score (nSPS) is 12.4. The topological polar surface area (TPSA) is 25.8 Å². The Kier molecular flexibility index (Phi) is 5.08. The van der Waals surface area contributed by atoms with Crippen molar-refractivity contribution in [3.63, 3.8) is 0 Å². The molecule has 0 aliphatic heterocycles. The van der Waals surface area contributed by atoms with E-state index < -0.39 is 0 Å². The SMILES string of the molecule is Cc1nc(CSc2ccccc2Cl)ncc1C(C)Cl. The molecule has 0 fully saturated rings. The standard InChI is InChI=1S/C14H14Cl2N2S/c1-9(15)11-7-17-14(18-10(11)2)8-19-13-6-4-3-5-12(13)16/h3-7,9H,8H2,1-2H3. The first-order valence-electron chi connectivity index (χ1n) is 5.91. The van der Waals surface area contributed by atoms with E-state index in [1.807, 2.05) is 44.3 Å². The van der Waals surface area contributed by atoms with Crippen LogP contribution in [0.4, 0.5) is 0 Å². The van der Waals surface area contributed by atoms with Gasteiger partial charge in [-0.05, 0) is 26.0 Å². The molecule has 1 aromatic carbocycles. The van der Waals surface area contributed by atoms with Crippen LogP contribution in [0.5, 0.6) is 0 Å². The molecule has 1 heterocycles. The highest BCUT2D eigenvalue weighted by molar-refractivity contribution is 7.98. The number of aryl methyl sites for hydroxylation is 1. The predicted molar refractivity (Wildman–Crippen MR) is 82.1 cm³/mol. The van der Waals surface area contributed by atoms with Crippen LogP contribution in [0.2, 0.25) is 5.02 Å². The van der Waals surface area contributed by atoms with Crippen LogP contribution in [0, 0.1) is 6.92 Å². The Labute approximate surface area is 127 Å². The number of hydrogen-bond acceptors (Lipinski definition) is 3. The van der Waals surface area contributed by atoms with E-state index in [0.717, 1.165) is 27.0 Å². The maximum absolute atomic E-state index is 6.11. The highest BCUT2D eigenvalue weighted by Gasteiger charge is 2.09. The van der Waals surface area contributed by atoms with Crippen molar-refractivity contribution < 1.29 is 0 Å². The van der Waals surface area contributed by atoms with E-state index in [1.165, 1.54) is 0 Å². The molecule has 1 aromatic heterocycles. The maximum Gasteiger partial charge on any atom is 0.138 e. The van der Waals surface area contributed by atoms with Gasteiger partial charge in [0.25, 0.3) is 0 Å².